The smallest absolute Gasteiger partial charge is 0.433 e. The predicted molar refractivity (Wildman–Crippen MR) is 151 cm³/mol. The molecule has 2 atom stereocenters. The highest BCUT2D eigenvalue weighted by Gasteiger charge is 2.34. The largest absolute Gasteiger partial charge is 0.494 e. The average Bonchev–Trinajstić information content (AvgIpc) is 3.39. The molecule has 1 aliphatic rings. The second-order valence-corrected chi connectivity index (χ2v) is 10.9. The molecule has 41 heavy (non-hydrogen) atoms. The zero-order valence-corrected chi connectivity index (χ0v) is 24.3. The lowest BCUT2D eigenvalue weighted by Crippen LogP contribution is -2.53. The molecule has 216 valence electrons. The van der Waals surface area contributed by atoms with E-state index in [1.54, 1.807) is 17.9 Å². The summed E-state index contributed by atoms with van der Waals surface area (Å²) in [6.07, 6.45) is -4.63. The number of rotatable bonds is 6. The van der Waals surface area contributed by atoms with Crippen molar-refractivity contribution in [2.24, 2.45) is 5.73 Å². The van der Waals surface area contributed by atoms with Crippen molar-refractivity contribution in [1.29, 1.82) is 0 Å². The van der Waals surface area contributed by atoms with Gasteiger partial charge in [-0.25, -0.2) is 9.97 Å². The van der Waals surface area contributed by atoms with Gasteiger partial charge in [0.2, 0.25) is 5.89 Å². The lowest BCUT2D eigenvalue weighted by molar-refractivity contribution is -0.140. The zero-order chi connectivity index (χ0) is 29.5. The molecule has 0 unspecified atom stereocenters. The second kappa shape index (κ2) is 11.4. The lowest BCUT2D eigenvalue weighted by Gasteiger charge is -2.39. The van der Waals surface area contributed by atoms with E-state index in [-0.39, 0.29) is 40.6 Å². The Bertz CT molecular complexity index is 1590. The van der Waals surface area contributed by atoms with Gasteiger partial charge >= 0.3 is 6.18 Å². The molecule has 0 saturated carbocycles. The minimum absolute atomic E-state index is 0.00301. The normalized spacial score (nSPS) is 17.2. The Morgan fingerprint density at radius 2 is 1.93 bits per heavy atom. The van der Waals surface area contributed by atoms with Crippen LogP contribution in [0.5, 0.6) is 5.75 Å². The van der Waals surface area contributed by atoms with Crippen LogP contribution in [-0.4, -0.2) is 58.5 Å². The number of ether oxygens (including phenoxy) is 1. The Labute approximate surface area is 243 Å². The Balaban J connectivity index is 1.44. The summed E-state index contributed by atoms with van der Waals surface area (Å²) in [4.78, 5) is 26.1. The molecule has 0 bridgehead atoms. The quantitative estimate of drug-likeness (QED) is 0.277. The first kappa shape index (κ1) is 29.0. The van der Waals surface area contributed by atoms with Crippen LogP contribution in [-0.2, 0) is 12.7 Å². The number of pyridine rings is 1. The van der Waals surface area contributed by atoms with E-state index >= 15 is 0 Å². The number of methoxy groups -OCH3 is 1. The third-order valence-electron chi connectivity index (χ3n) is 7.21. The molecule has 0 aliphatic carbocycles. The van der Waals surface area contributed by atoms with Crippen LogP contribution in [0.4, 0.5) is 13.2 Å². The molecule has 0 spiro atoms. The summed E-state index contributed by atoms with van der Waals surface area (Å²) < 4.78 is 52.4. The third-order valence-corrected chi connectivity index (χ3v) is 7.99. The maximum atomic E-state index is 13.7. The van der Waals surface area contributed by atoms with Crippen LogP contribution in [0.1, 0.15) is 47.4 Å². The molecule has 3 heterocycles. The number of piperazine rings is 1. The number of alkyl halides is 3. The van der Waals surface area contributed by atoms with Crippen molar-refractivity contribution in [2.75, 3.05) is 26.7 Å². The number of hydrogen-bond donors (Lipinski definition) is 1. The molecular weight excluding hydrogens is 603 g/mol. The third kappa shape index (κ3) is 5.81. The van der Waals surface area contributed by atoms with Gasteiger partial charge in [0.25, 0.3) is 5.91 Å². The van der Waals surface area contributed by atoms with Crippen LogP contribution in [0.3, 0.4) is 0 Å². The van der Waals surface area contributed by atoms with Gasteiger partial charge in [-0.3, -0.25) is 9.69 Å². The molecule has 2 aromatic carbocycles. The summed E-state index contributed by atoms with van der Waals surface area (Å²) in [6.45, 7) is 6.15. The minimum atomic E-state index is -4.63. The monoisotopic (exact) mass is 631 g/mol. The summed E-state index contributed by atoms with van der Waals surface area (Å²) in [5.41, 5.74) is 6.76. The topological polar surface area (TPSA) is 97.7 Å². The van der Waals surface area contributed by atoms with Gasteiger partial charge < -0.3 is 19.8 Å². The molecule has 0 radical (unpaired) electrons. The van der Waals surface area contributed by atoms with E-state index in [0.29, 0.717) is 30.6 Å². The van der Waals surface area contributed by atoms with Crippen molar-refractivity contribution < 1.29 is 27.1 Å². The number of carbonyl (C=O) groups excluding carboxylic acids is 1. The molecule has 2 N–H and O–H groups in total. The minimum Gasteiger partial charge on any atom is -0.494 e. The van der Waals surface area contributed by atoms with Gasteiger partial charge in [0, 0.05) is 47.6 Å². The SMILES string of the molecule is COc1ccc(-c2nc(C(=O)N3CCN(Cc4ccccc4Br)[C@H](C)C3)c([C@H](C)N)o2)c2ccc(C(F)(F)F)nc12. The Morgan fingerprint density at radius 1 is 1.17 bits per heavy atom. The fraction of sp³-hybridized carbons (Fsp3) is 0.345. The first-order chi connectivity index (χ1) is 19.5. The van der Waals surface area contributed by atoms with E-state index < -0.39 is 17.9 Å². The molecule has 12 heteroatoms. The van der Waals surface area contributed by atoms with Crippen molar-refractivity contribution in [3.8, 4) is 17.2 Å². The first-order valence-electron chi connectivity index (χ1n) is 13.1. The van der Waals surface area contributed by atoms with E-state index in [9.17, 15) is 18.0 Å². The molecular formula is C29H29BrF3N5O3. The summed E-state index contributed by atoms with van der Waals surface area (Å²) in [5.74, 6) is 0.127. The number of oxazole rings is 1. The molecule has 2 aromatic heterocycles. The number of benzene rings is 2. The van der Waals surface area contributed by atoms with Crippen LogP contribution < -0.4 is 10.5 Å². The number of hydrogen-bond acceptors (Lipinski definition) is 7. The average molecular weight is 632 g/mol. The van der Waals surface area contributed by atoms with Crippen LogP contribution in [0.2, 0.25) is 0 Å². The number of aromatic nitrogens is 2. The summed E-state index contributed by atoms with van der Waals surface area (Å²) in [6, 6.07) is 12.8. The highest BCUT2D eigenvalue weighted by atomic mass is 79.9. The number of carbonyl (C=O) groups is 1. The van der Waals surface area contributed by atoms with Crippen LogP contribution in [0.15, 0.2) is 57.4 Å². The highest BCUT2D eigenvalue weighted by Crippen LogP contribution is 2.37. The fourth-order valence-corrected chi connectivity index (χ4v) is 5.43. The standard InChI is InChI=1S/C29H29BrF3N5O3/c1-16-14-38(13-12-37(16)15-18-6-4-5-7-21(18)30)28(39)25-26(17(2)34)41-27(36-25)20-8-10-22(40-3)24-19(20)9-11-23(35-24)29(31,32)33/h4-11,16-17H,12-15,34H2,1-3H3/t16-,17+/m1/s1. The zero-order valence-electron chi connectivity index (χ0n) is 22.7. The molecule has 1 saturated heterocycles. The van der Waals surface area contributed by atoms with E-state index in [1.807, 2.05) is 18.2 Å². The molecule has 1 aliphatic heterocycles. The fourth-order valence-electron chi connectivity index (χ4n) is 5.02. The van der Waals surface area contributed by atoms with Crippen molar-refractivity contribution in [1.82, 2.24) is 19.8 Å². The highest BCUT2D eigenvalue weighted by molar-refractivity contribution is 9.10. The van der Waals surface area contributed by atoms with Gasteiger partial charge in [-0.05, 0) is 49.7 Å². The van der Waals surface area contributed by atoms with Crippen molar-refractivity contribution in [3.63, 3.8) is 0 Å². The number of nitrogens with zero attached hydrogens (tertiary/aromatic N) is 4. The van der Waals surface area contributed by atoms with Gasteiger partial charge in [0.05, 0.1) is 13.2 Å². The van der Waals surface area contributed by atoms with Crippen molar-refractivity contribution in [2.45, 2.75) is 38.7 Å². The molecule has 4 aromatic rings. The number of fused-ring (bicyclic) bond motifs is 1. The number of amides is 1. The maximum Gasteiger partial charge on any atom is 0.433 e. The van der Waals surface area contributed by atoms with Gasteiger partial charge in [-0.2, -0.15) is 13.2 Å². The lowest BCUT2D eigenvalue weighted by atomic mass is 10.1. The van der Waals surface area contributed by atoms with Crippen LogP contribution in [0, 0.1) is 0 Å². The van der Waals surface area contributed by atoms with Crippen molar-refractivity contribution >= 4 is 32.7 Å². The van der Waals surface area contributed by atoms with E-state index in [1.165, 1.54) is 24.8 Å². The summed E-state index contributed by atoms with van der Waals surface area (Å²) in [5, 5.41) is 0.336. The van der Waals surface area contributed by atoms with Crippen LogP contribution >= 0.6 is 15.9 Å². The predicted octanol–water partition coefficient (Wildman–Crippen LogP) is 6.05. The van der Waals surface area contributed by atoms with Gasteiger partial charge in [0.1, 0.15) is 17.0 Å². The molecule has 8 nitrogen and oxygen atoms in total. The van der Waals surface area contributed by atoms with E-state index in [2.05, 4.69) is 43.8 Å². The summed E-state index contributed by atoms with van der Waals surface area (Å²) in [7, 11) is 1.35. The Kier molecular flexibility index (Phi) is 8.09. The Morgan fingerprint density at radius 3 is 2.59 bits per heavy atom. The van der Waals surface area contributed by atoms with Crippen LogP contribution in [0.25, 0.3) is 22.4 Å². The molecule has 1 fully saturated rings. The first-order valence-corrected chi connectivity index (χ1v) is 13.9. The summed E-state index contributed by atoms with van der Waals surface area (Å²) >= 11 is 3.60. The van der Waals surface area contributed by atoms with Gasteiger partial charge in [0.15, 0.2) is 11.5 Å². The Hall–Kier alpha value is -3.48. The van der Waals surface area contributed by atoms with Gasteiger partial charge in [-0.15, -0.1) is 0 Å². The molecule has 5 rings (SSSR count). The molecule has 1 amide bonds. The van der Waals surface area contributed by atoms with E-state index in [0.717, 1.165) is 17.1 Å². The second-order valence-electron chi connectivity index (χ2n) is 10.1. The van der Waals surface area contributed by atoms with Gasteiger partial charge in [-0.1, -0.05) is 34.1 Å². The van der Waals surface area contributed by atoms with Crippen molar-refractivity contribution in [3.05, 3.63) is 75.7 Å². The number of halogens is 4. The van der Waals surface area contributed by atoms with E-state index in [4.69, 9.17) is 14.9 Å². The maximum absolute atomic E-state index is 13.7. The number of nitrogens with two attached hydrogens (primary N) is 1.